The Hall–Kier alpha value is -1.30. The molecule has 0 saturated carbocycles. The maximum atomic E-state index is 12.2. The van der Waals surface area contributed by atoms with Crippen molar-refractivity contribution in [2.24, 2.45) is 0 Å². The van der Waals surface area contributed by atoms with Crippen molar-refractivity contribution in [2.75, 3.05) is 20.2 Å². The number of hydrogen-bond donors (Lipinski definition) is 2. The van der Waals surface area contributed by atoms with Crippen molar-refractivity contribution >= 4 is 12.0 Å². The number of nitrogens with zero attached hydrogens (tertiary/aromatic N) is 1. The van der Waals surface area contributed by atoms with Gasteiger partial charge in [0, 0.05) is 20.2 Å². The third-order valence-corrected chi connectivity index (χ3v) is 3.79. The Morgan fingerprint density at radius 1 is 1.20 bits per heavy atom. The van der Waals surface area contributed by atoms with Crippen molar-refractivity contribution in [3.63, 3.8) is 0 Å². The van der Waals surface area contributed by atoms with Crippen LogP contribution >= 0.6 is 0 Å². The smallest absolute Gasteiger partial charge is 0.317 e. The van der Waals surface area contributed by atoms with Gasteiger partial charge >= 0.3 is 12.0 Å². The number of carboxylic acid groups (broad SMARTS) is 1. The van der Waals surface area contributed by atoms with E-state index in [2.05, 4.69) is 5.32 Å². The van der Waals surface area contributed by atoms with Crippen LogP contribution in [0.4, 0.5) is 4.79 Å². The zero-order chi connectivity index (χ0) is 15.0. The number of hydrogen-bond acceptors (Lipinski definition) is 3. The standard InChI is InChI=1S/C14H26N2O4/c1-11(20-2)12(10-13(17)18)15-14(19)16-8-6-4-3-5-7-9-16/h11-12H,3-10H2,1-2H3,(H,15,19)(H,17,18)/t11-,12-/m1/s1. The lowest BCUT2D eigenvalue weighted by Gasteiger charge is -2.29. The number of carbonyl (C=O) groups excluding carboxylic acids is 1. The fraction of sp³-hybridized carbons (Fsp3) is 0.857. The number of carbonyl (C=O) groups is 2. The maximum absolute atomic E-state index is 12.2. The molecule has 0 bridgehead atoms. The average molecular weight is 286 g/mol. The Morgan fingerprint density at radius 2 is 1.75 bits per heavy atom. The van der Waals surface area contributed by atoms with Crippen LogP contribution in [0.3, 0.4) is 0 Å². The molecule has 1 aliphatic heterocycles. The molecule has 0 aliphatic carbocycles. The minimum absolute atomic E-state index is 0.130. The van der Waals surface area contributed by atoms with Gasteiger partial charge in [0.1, 0.15) is 0 Å². The molecule has 0 radical (unpaired) electrons. The SMILES string of the molecule is CO[C@H](C)[C@@H](CC(=O)O)NC(=O)N1CCCCCCC1. The first-order valence-electron chi connectivity index (χ1n) is 7.34. The van der Waals surface area contributed by atoms with Crippen molar-refractivity contribution in [3.8, 4) is 0 Å². The highest BCUT2D eigenvalue weighted by atomic mass is 16.5. The minimum Gasteiger partial charge on any atom is -0.481 e. The van der Waals surface area contributed by atoms with Crippen molar-refractivity contribution in [1.29, 1.82) is 0 Å². The first kappa shape index (κ1) is 16.8. The van der Waals surface area contributed by atoms with Crippen LogP contribution in [-0.2, 0) is 9.53 Å². The second-order valence-corrected chi connectivity index (χ2v) is 5.35. The first-order chi connectivity index (χ1) is 9.54. The molecule has 2 amide bonds. The van der Waals surface area contributed by atoms with Crippen LogP contribution in [0.1, 0.15) is 45.4 Å². The quantitative estimate of drug-likeness (QED) is 0.808. The van der Waals surface area contributed by atoms with E-state index in [0.29, 0.717) is 0 Å². The van der Waals surface area contributed by atoms with Gasteiger partial charge in [0.2, 0.25) is 0 Å². The minimum atomic E-state index is -0.938. The summed E-state index contributed by atoms with van der Waals surface area (Å²) in [5.41, 5.74) is 0. The summed E-state index contributed by atoms with van der Waals surface area (Å²) < 4.78 is 5.15. The van der Waals surface area contributed by atoms with Crippen LogP contribution in [0.25, 0.3) is 0 Å². The molecular formula is C14H26N2O4. The molecule has 1 aliphatic rings. The normalized spacial score (nSPS) is 19.6. The topological polar surface area (TPSA) is 78.9 Å². The molecule has 0 spiro atoms. The summed E-state index contributed by atoms with van der Waals surface area (Å²) in [7, 11) is 1.52. The summed E-state index contributed by atoms with van der Waals surface area (Å²) in [4.78, 5) is 24.9. The van der Waals surface area contributed by atoms with Gasteiger partial charge in [-0.2, -0.15) is 0 Å². The molecule has 0 unspecified atom stereocenters. The number of rotatable bonds is 5. The lowest BCUT2D eigenvalue weighted by Crippen LogP contribution is -2.50. The number of aliphatic carboxylic acids is 1. The van der Waals surface area contributed by atoms with E-state index in [-0.39, 0.29) is 18.6 Å². The van der Waals surface area contributed by atoms with E-state index in [1.165, 1.54) is 13.5 Å². The summed E-state index contributed by atoms with van der Waals surface area (Å²) in [6.45, 7) is 3.25. The molecule has 0 aromatic heterocycles. The van der Waals surface area contributed by atoms with Gasteiger partial charge in [-0.25, -0.2) is 4.79 Å². The number of amides is 2. The largest absolute Gasteiger partial charge is 0.481 e. The van der Waals surface area contributed by atoms with Crippen LogP contribution < -0.4 is 5.32 Å². The number of methoxy groups -OCH3 is 1. The fourth-order valence-corrected chi connectivity index (χ4v) is 2.39. The Labute approximate surface area is 120 Å². The summed E-state index contributed by atoms with van der Waals surface area (Å²) >= 11 is 0. The maximum Gasteiger partial charge on any atom is 0.317 e. The summed E-state index contributed by atoms with van der Waals surface area (Å²) in [5, 5.41) is 11.7. The number of carboxylic acids is 1. The number of nitrogens with one attached hydrogen (secondary N) is 1. The average Bonchev–Trinajstić information content (AvgIpc) is 2.35. The summed E-state index contributed by atoms with van der Waals surface area (Å²) in [6.07, 6.45) is 5.10. The van der Waals surface area contributed by atoms with Gasteiger partial charge in [-0.15, -0.1) is 0 Å². The van der Waals surface area contributed by atoms with E-state index in [0.717, 1.165) is 38.8 Å². The third-order valence-electron chi connectivity index (χ3n) is 3.79. The van der Waals surface area contributed by atoms with Gasteiger partial charge in [0.25, 0.3) is 0 Å². The molecule has 0 aromatic rings. The molecule has 6 nitrogen and oxygen atoms in total. The molecule has 116 valence electrons. The highest BCUT2D eigenvalue weighted by molar-refractivity contribution is 5.76. The number of urea groups is 1. The van der Waals surface area contributed by atoms with E-state index in [9.17, 15) is 9.59 Å². The molecule has 1 rings (SSSR count). The van der Waals surface area contributed by atoms with E-state index in [1.54, 1.807) is 11.8 Å². The second kappa shape index (κ2) is 8.79. The van der Waals surface area contributed by atoms with E-state index >= 15 is 0 Å². The van der Waals surface area contributed by atoms with Gasteiger partial charge in [-0.3, -0.25) is 4.79 Å². The lowest BCUT2D eigenvalue weighted by molar-refractivity contribution is -0.138. The molecule has 6 heteroatoms. The van der Waals surface area contributed by atoms with Crippen molar-refractivity contribution in [2.45, 2.75) is 57.6 Å². The summed E-state index contributed by atoms with van der Waals surface area (Å²) in [6, 6.07) is -0.683. The zero-order valence-electron chi connectivity index (χ0n) is 12.4. The molecule has 2 N–H and O–H groups in total. The highest BCUT2D eigenvalue weighted by Crippen LogP contribution is 2.11. The Morgan fingerprint density at radius 3 is 2.25 bits per heavy atom. The molecule has 1 heterocycles. The van der Waals surface area contributed by atoms with Crippen molar-refractivity contribution in [1.82, 2.24) is 10.2 Å². The Kier molecular flexibility index (Phi) is 7.36. The van der Waals surface area contributed by atoms with Crippen LogP contribution in [0.2, 0.25) is 0 Å². The van der Waals surface area contributed by atoms with E-state index in [4.69, 9.17) is 9.84 Å². The van der Waals surface area contributed by atoms with Crippen LogP contribution in [0.15, 0.2) is 0 Å². The van der Waals surface area contributed by atoms with Crippen LogP contribution in [0.5, 0.6) is 0 Å². The van der Waals surface area contributed by atoms with Crippen molar-refractivity contribution < 1.29 is 19.4 Å². The Bertz CT molecular complexity index is 314. The van der Waals surface area contributed by atoms with Gasteiger partial charge in [-0.1, -0.05) is 19.3 Å². The molecular weight excluding hydrogens is 260 g/mol. The number of likely N-dealkylation sites (tertiary alicyclic amines) is 1. The molecule has 0 aromatic carbocycles. The van der Waals surface area contributed by atoms with Crippen LogP contribution in [-0.4, -0.2) is 54.4 Å². The van der Waals surface area contributed by atoms with Gasteiger partial charge < -0.3 is 20.1 Å². The van der Waals surface area contributed by atoms with Crippen molar-refractivity contribution in [3.05, 3.63) is 0 Å². The number of ether oxygens (including phenoxy) is 1. The molecule has 1 fully saturated rings. The lowest BCUT2D eigenvalue weighted by atomic mass is 10.1. The Balaban J connectivity index is 2.56. The molecule has 20 heavy (non-hydrogen) atoms. The molecule has 2 atom stereocenters. The van der Waals surface area contributed by atoms with Gasteiger partial charge in [0.05, 0.1) is 18.6 Å². The molecule has 1 saturated heterocycles. The van der Waals surface area contributed by atoms with Crippen LogP contribution in [0, 0.1) is 0 Å². The first-order valence-corrected chi connectivity index (χ1v) is 7.34. The zero-order valence-corrected chi connectivity index (χ0v) is 12.4. The van der Waals surface area contributed by atoms with E-state index in [1.807, 2.05) is 0 Å². The summed E-state index contributed by atoms with van der Waals surface area (Å²) in [5.74, 6) is -0.938. The fourth-order valence-electron chi connectivity index (χ4n) is 2.39. The third kappa shape index (κ3) is 5.77. The van der Waals surface area contributed by atoms with E-state index < -0.39 is 12.0 Å². The van der Waals surface area contributed by atoms with Gasteiger partial charge in [-0.05, 0) is 19.8 Å². The second-order valence-electron chi connectivity index (χ2n) is 5.35. The monoisotopic (exact) mass is 286 g/mol. The predicted octanol–water partition coefficient (Wildman–Crippen LogP) is 1.84. The predicted molar refractivity (Wildman–Crippen MR) is 75.7 cm³/mol. The van der Waals surface area contributed by atoms with Gasteiger partial charge in [0.15, 0.2) is 0 Å². The highest BCUT2D eigenvalue weighted by Gasteiger charge is 2.24.